The Bertz CT molecular complexity index is 517. The summed E-state index contributed by atoms with van der Waals surface area (Å²) in [6.07, 6.45) is 8.24. The molecule has 0 amide bonds. The lowest BCUT2D eigenvalue weighted by Gasteiger charge is -2.41. The van der Waals surface area contributed by atoms with Crippen LogP contribution in [-0.2, 0) is 0 Å². The van der Waals surface area contributed by atoms with Crippen LogP contribution in [0, 0.1) is 0 Å². The van der Waals surface area contributed by atoms with E-state index in [0.29, 0.717) is 12.8 Å². The van der Waals surface area contributed by atoms with Crippen LogP contribution in [0.25, 0.3) is 5.52 Å². The SMILES string of the molecule is OCC1(O)CC(c2ncn3ccncc23)C1. The molecule has 3 rings (SSSR count). The van der Waals surface area contributed by atoms with E-state index in [1.165, 1.54) is 0 Å². The first-order chi connectivity index (χ1) is 7.72. The van der Waals surface area contributed by atoms with Crippen molar-refractivity contribution in [3.63, 3.8) is 0 Å². The van der Waals surface area contributed by atoms with Crippen molar-refractivity contribution in [2.45, 2.75) is 24.4 Å². The average molecular weight is 219 g/mol. The molecule has 0 saturated heterocycles. The lowest BCUT2D eigenvalue weighted by Crippen LogP contribution is -2.45. The molecule has 16 heavy (non-hydrogen) atoms. The Labute approximate surface area is 92.4 Å². The van der Waals surface area contributed by atoms with Gasteiger partial charge in [0.15, 0.2) is 0 Å². The van der Waals surface area contributed by atoms with Gasteiger partial charge in [-0.3, -0.25) is 4.98 Å². The van der Waals surface area contributed by atoms with Crippen LogP contribution < -0.4 is 0 Å². The van der Waals surface area contributed by atoms with Crippen LogP contribution in [0.3, 0.4) is 0 Å². The van der Waals surface area contributed by atoms with E-state index in [1.54, 1.807) is 18.7 Å². The standard InChI is InChI=1S/C11H13N3O2/c15-6-11(16)3-8(4-11)10-9-5-12-1-2-14(9)7-13-10/h1-2,5,7-8,15-16H,3-4,6H2. The number of hydrogen-bond donors (Lipinski definition) is 2. The summed E-state index contributed by atoms with van der Waals surface area (Å²) in [5, 5.41) is 18.7. The Kier molecular flexibility index (Phi) is 1.99. The van der Waals surface area contributed by atoms with Crippen LogP contribution >= 0.6 is 0 Å². The van der Waals surface area contributed by atoms with Crippen molar-refractivity contribution in [3.05, 3.63) is 30.6 Å². The minimum absolute atomic E-state index is 0.173. The quantitative estimate of drug-likeness (QED) is 0.763. The largest absolute Gasteiger partial charge is 0.393 e. The highest BCUT2D eigenvalue weighted by molar-refractivity contribution is 5.52. The number of fused-ring (bicyclic) bond motifs is 1. The third-order valence-corrected chi connectivity index (χ3v) is 3.31. The fourth-order valence-corrected chi connectivity index (χ4v) is 2.36. The van der Waals surface area contributed by atoms with Crippen LogP contribution in [-0.4, -0.2) is 36.8 Å². The van der Waals surface area contributed by atoms with Crippen LogP contribution in [0.5, 0.6) is 0 Å². The summed E-state index contributed by atoms with van der Waals surface area (Å²) in [4.78, 5) is 8.42. The van der Waals surface area contributed by atoms with Gasteiger partial charge in [0, 0.05) is 18.3 Å². The first-order valence-electron chi connectivity index (χ1n) is 5.32. The molecule has 5 heteroatoms. The number of hydrogen-bond acceptors (Lipinski definition) is 4. The summed E-state index contributed by atoms with van der Waals surface area (Å²) in [5.41, 5.74) is 1.04. The Morgan fingerprint density at radius 2 is 2.31 bits per heavy atom. The summed E-state index contributed by atoms with van der Waals surface area (Å²) in [6, 6.07) is 0. The number of aromatic nitrogens is 3. The first kappa shape index (κ1) is 9.74. The van der Waals surface area contributed by atoms with Gasteiger partial charge in [0.1, 0.15) is 0 Å². The fourth-order valence-electron chi connectivity index (χ4n) is 2.36. The maximum atomic E-state index is 9.76. The molecule has 1 saturated carbocycles. The normalized spacial score (nSPS) is 29.2. The minimum Gasteiger partial charge on any atom is -0.393 e. The maximum absolute atomic E-state index is 9.76. The highest BCUT2D eigenvalue weighted by atomic mass is 16.3. The summed E-state index contributed by atoms with van der Waals surface area (Å²) in [6.45, 7) is -0.173. The molecule has 0 bridgehead atoms. The summed E-state index contributed by atoms with van der Waals surface area (Å²) >= 11 is 0. The van der Waals surface area contributed by atoms with Crippen LogP contribution in [0.1, 0.15) is 24.5 Å². The minimum atomic E-state index is -0.900. The van der Waals surface area contributed by atoms with Gasteiger partial charge >= 0.3 is 0 Å². The molecule has 2 aromatic heterocycles. The molecular weight excluding hydrogens is 206 g/mol. The van der Waals surface area contributed by atoms with E-state index in [1.807, 2.05) is 10.6 Å². The van der Waals surface area contributed by atoms with Gasteiger partial charge in [0.25, 0.3) is 0 Å². The summed E-state index contributed by atoms with van der Waals surface area (Å²) in [7, 11) is 0. The number of aliphatic hydroxyl groups is 2. The number of rotatable bonds is 2. The fraction of sp³-hybridized carbons (Fsp3) is 0.455. The van der Waals surface area contributed by atoms with Gasteiger partial charge in [-0.15, -0.1) is 0 Å². The second-order valence-corrected chi connectivity index (χ2v) is 4.49. The summed E-state index contributed by atoms with van der Waals surface area (Å²) in [5.74, 6) is 0.228. The Morgan fingerprint density at radius 1 is 1.50 bits per heavy atom. The number of nitrogens with zero attached hydrogens (tertiary/aromatic N) is 3. The van der Waals surface area contributed by atoms with Crippen LogP contribution in [0.4, 0.5) is 0 Å². The molecule has 0 aliphatic heterocycles. The molecule has 2 heterocycles. The molecule has 0 atom stereocenters. The zero-order valence-electron chi connectivity index (χ0n) is 8.74. The predicted octanol–water partition coefficient (Wildman–Crippen LogP) is 0.330. The monoisotopic (exact) mass is 219 g/mol. The van der Waals surface area contributed by atoms with Gasteiger partial charge < -0.3 is 14.6 Å². The predicted molar refractivity (Wildman–Crippen MR) is 57.0 cm³/mol. The van der Waals surface area contributed by atoms with Gasteiger partial charge in [-0.1, -0.05) is 0 Å². The molecule has 1 aliphatic rings. The Morgan fingerprint density at radius 3 is 3.06 bits per heavy atom. The van der Waals surface area contributed by atoms with E-state index in [0.717, 1.165) is 11.2 Å². The molecular formula is C11H13N3O2. The van der Waals surface area contributed by atoms with Gasteiger partial charge in [-0.25, -0.2) is 4.98 Å². The van der Waals surface area contributed by atoms with E-state index < -0.39 is 5.60 Å². The van der Waals surface area contributed by atoms with Crippen LogP contribution in [0.2, 0.25) is 0 Å². The third kappa shape index (κ3) is 1.32. The second kappa shape index (κ2) is 3.26. The zero-order valence-corrected chi connectivity index (χ0v) is 8.74. The van der Waals surface area contributed by atoms with Crippen molar-refractivity contribution >= 4 is 5.52 Å². The zero-order chi connectivity index (χ0) is 11.2. The van der Waals surface area contributed by atoms with E-state index in [2.05, 4.69) is 9.97 Å². The molecule has 0 spiro atoms. The second-order valence-electron chi connectivity index (χ2n) is 4.49. The van der Waals surface area contributed by atoms with Crippen molar-refractivity contribution in [1.29, 1.82) is 0 Å². The van der Waals surface area contributed by atoms with E-state index >= 15 is 0 Å². The maximum Gasteiger partial charge on any atom is 0.0996 e. The molecule has 0 radical (unpaired) electrons. The van der Waals surface area contributed by atoms with E-state index in [9.17, 15) is 5.11 Å². The Hall–Kier alpha value is -1.46. The Balaban J connectivity index is 1.92. The van der Waals surface area contributed by atoms with Crippen molar-refractivity contribution in [3.8, 4) is 0 Å². The van der Waals surface area contributed by atoms with Crippen molar-refractivity contribution in [2.24, 2.45) is 0 Å². The van der Waals surface area contributed by atoms with Crippen molar-refractivity contribution in [2.75, 3.05) is 6.61 Å². The number of aliphatic hydroxyl groups excluding tert-OH is 1. The molecule has 1 fully saturated rings. The molecule has 5 nitrogen and oxygen atoms in total. The van der Waals surface area contributed by atoms with Gasteiger partial charge in [-0.05, 0) is 12.8 Å². The summed E-state index contributed by atoms with van der Waals surface area (Å²) < 4.78 is 1.92. The van der Waals surface area contributed by atoms with E-state index in [4.69, 9.17) is 5.11 Å². The highest BCUT2D eigenvalue weighted by Gasteiger charge is 2.44. The molecule has 1 aliphatic carbocycles. The third-order valence-electron chi connectivity index (χ3n) is 3.31. The smallest absolute Gasteiger partial charge is 0.0996 e. The van der Waals surface area contributed by atoms with Crippen LogP contribution in [0.15, 0.2) is 24.9 Å². The molecule has 0 unspecified atom stereocenters. The highest BCUT2D eigenvalue weighted by Crippen LogP contribution is 2.44. The van der Waals surface area contributed by atoms with Gasteiger partial charge in [0.2, 0.25) is 0 Å². The van der Waals surface area contributed by atoms with Crippen molar-refractivity contribution in [1.82, 2.24) is 14.4 Å². The average Bonchev–Trinajstić information content (AvgIpc) is 2.68. The molecule has 2 aromatic rings. The molecule has 2 N–H and O–H groups in total. The molecule has 0 aromatic carbocycles. The molecule has 84 valence electrons. The lowest BCUT2D eigenvalue weighted by molar-refractivity contribution is -0.0870. The van der Waals surface area contributed by atoms with Gasteiger partial charge in [0.05, 0.1) is 35.9 Å². The topological polar surface area (TPSA) is 70.7 Å². The first-order valence-corrected chi connectivity index (χ1v) is 5.32. The number of imidazole rings is 1. The van der Waals surface area contributed by atoms with Gasteiger partial charge in [-0.2, -0.15) is 0 Å². The lowest BCUT2D eigenvalue weighted by atomic mass is 9.70. The van der Waals surface area contributed by atoms with E-state index in [-0.39, 0.29) is 12.5 Å². The van der Waals surface area contributed by atoms with Crippen molar-refractivity contribution < 1.29 is 10.2 Å².